The second-order valence-corrected chi connectivity index (χ2v) is 6.60. The molecule has 7 heteroatoms. The van der Waals surface area contributed by atoms with E-state index in [-0.39, 0.29) is 18.5 Å². The van der Waals surface area contributed by atoms with Gasteiger partial charge >= 0.3 is 0 Å². The van der Waals surface area contributed by atoms with Gasteiger partial charge in [0.2, 0.25) is 12.7 Å². The molecule has 0 aliphatic carbocycles. The van der Waals surface area contributed by atoms with E-state index in [1.807, 2.05) is 48.5 Å². The Kier molecular flexibility index (Phi) is 5.47. The van der Waals surface area contributed by atoms with Crippen molar-refractivity contribution < 1.29 is 23.5 Å². The van der Waals surface area contributed by atoms with Gasteiger partial charge < -0.3 is 24.5 Å². The number of hydrogen-bond acceptors (Lipinski definition) is 5. The van der Waals surface area contributed by atoms with Crippen LogP contribution in [0.1, 0.15) is 21.7 Å². The van der Waals surface area contributed by atoms with Crippen molar-refractivity contribution in [3.63, 3.8) is 0 Å². The van der Waals surface area contributed by atoms with Gasteiger partial charge in [0.15, 0.2) is 17.3 Å². The Morgan fingerprint density at radius 2 is 1.76 bits per heavy atom. The molecule has 0 spiro atoms. The summed E-state index contributed by atoms with van der Waals surface area (Å²) in [5.41, 5.74) is 1.81. The van der Waals surface area contributed by atoms with E-state index < -0.39 is 11.9 Å². The van der Waals surface area contributed by atoms with Crippen LogP contribution in [0, 0.1) is 0 Å². The van der Waals surface area contributed by atoms with E-state index in [0.29, 0.717) is 24.5 Å². The second kappa shape index (κ2) is 8.52. The molecule has 2 amide bonds. The van der Waals surface area contributed by atoms with E-state index in [1.54, 1.807) is 12.1 Å². The quantitative estimate of drug-likeness (QED) is 0.645. The van der Waals surface area contributed by atoms with Gasteiger partial charge in [0.25, 0.3) is 5.91 Å². The van der Waals surface area contributed by atoms with E-state index in [1.165, 1.54) is 6.26 Å². The van der Waals surface area contributed by atoms with Crippen LogP contribution < -0.4 is 20.1 Å². The Morgan fingerprint density at radius 1 is 0.931 bits per heavy atom. The molecule has 1 aromatic heterocycles. The third-order valence-electron chi connectivity index (χ3n) is 4.55. The lowest BCUT2D eigenvalue weighted by atomic mass is 10.0. The van der Waals surface area contributed by atoms with Crippen molar-refractivity contribution >= 4 is 11.8 Å². The zero-order valence-electron chi connectivity index (χ0n) is 15.6. The fourth-order valence-electron chi connectivity index (χ4n) is 3.06. The van der Waals surface area contributed by atoms with Crippen LogP contribution in [0.3, 0.4) is 0 Å². The fraction of sp³-hybridized carbons (Fsp3) is 0.182. The number of fused-ring (bicyclic) bond motifs is 1. The van der Waals surface area contributed by atoms with Crippen LogP contribution in [0.25, 0.3) is 0 Å². The fourth-order valence-corrected chi connectivity index (χ4v) is 3.06. The first-order valence-electron chi connectivity index (χ1n) is 9.23. The van der Waals surface area contributed by atoms with Crippen molar-refractivity contribution in [2.45, 2.75) is 19.0 Å². The lowest BCUT2D eigenvalue weighted by Gasteiger charge is -2.18. The van der Waals surface area contributed by atoms with Gasteiger partial charge in [0.05, 0.1) is 6.26 Å². The summed E-state index contributed by atoms with van der Waals surface area (Å²) >= 11 is 0. The summed E-state index contributed by atoms with van der Waals surface area (Å²) in [4.78, 5) is 25.2. The molecule has 0 bridgehead atoms. The predicted octanol–water partition coefficient (Wildman–Crippen LogP) is 2.67. The van der Waals surface area contributed by atoms with E-state index >= 15 is 0 Å². The normalized spacial score (nSPS) is 13.0. The number of carbonyl (C=O) groups is 2. The number of rotatable bonds is 7. The minimum Gasteiger partial charge on any atom is -0.459 e. The van der Waals surface area contributed by atoms with E-state index in [2.05, 4.69) is 10.6 Å². The summed E-state index contributed by atoms with van der Waals surface area (Å²) in [6.45, 7) is 0.500. The van der Waals surface area contributed by atoms with Crippen molar-refractivity contribution in [2.75, 3.05) is 6.79 Å². The summed E-state index contributed by atoms with van der Waals surface area (Å²) < 4.78 is 15.8. The van der Waals surface area contributed by atoms with E-state index in [4.69, 9.17) is 13.9 Å². The number of hydrogen-bond donors (Lipinski definition) is 2. The Hall–Kier alpha value is -3.74. The summed E-state index contributed by atoms with van der Waals surface area (Å²) in [6, 6.07) is 17.5. The molecular formula is C22H20N2O5. The highest BCUT2D eigenvalue weighted by atomic mass is 16.7. The van der Waals surface area contributed by atoms with Crippen LogP contribution in [-0.2, 0) is 17.8 Å². The number of ether oxygens (including phenoxy) is 2. The Labute approximate surface area is 167 Å². The monoisotopic (exact) mass is 392 g/mol. The average molecular weight is 392 g/mol. The van der Waals surface area contributed by atoms with E-state index in [9.17, 15) is 9.59 Å². The molecule has 7 nitrogen and oxygen atoms in total. The van der Waals surface area contributed by atoms with Gasteiger partial charge in [-0.25, -0.2) is 0 Å². The molecular weight excluding hydrogens is 372 g/mol. The summed E-state index contributed by atoms with van der Waals surface area (Å²) in [6.07, 6.45) is 1.78. The van der Waals surface area contributed by atoms with Gasteiger partial charge in [-0.1, -0.05) is 36.4 Å². The molecule has 0 saturated heterocycles. The minimum atomic E-state index is -0.746. The van der Waals surface area contributed by atoms with Gasteiger partial charge in [0.1, 0.15) is 6.04 Å². The smallest absolute Gasteiger partial charge is 0.287 e. The van der Waals surface area contributed by atoms with Gasteiger partial charge in [-0.3, -0.25) is 9.59 Å². The lowest BCUT2D eigenvalue weighted by molar-refractivity contribution is -0.123. The van der Waals surface area contributed by atoms with Crippen molar-refractivity contribution in [3.8, 4) is 11.5 Å². The maximum absolute atomic E-state index is 12.8. The summed E-state index contributed by atoms with van der Waals surface area (Å²) in [7, 11) is 0. The first-order chi connectivity index (χ1) is 14.2. The number of furan rings is 1. The third kappa shape index (κ3) is 4.57. The summed E-state index contributed by atoms with van der Waals surface area (Å²) in [5, 5.41) is 5.64. The largest absolute Gasteiger partial charge is 0.459 e. The average Bonchev–Trinajstić information content (AvgIpc) is 3.43. The molecule has 148 valence electrons. The van der Waals surface area contributed by atoms with Crippen LogP contribution in [0.2, 0.25) is 0 Å². The predicted molar refractivity (Wildman–Crippen MR) is 105 cm³/mol. The summed E-state index contributed by atoms with van der Waals surface area (Å²) in [5.74, 6) is 0.781. The highest BCUT2D eigenvalue weighted by Crippen LogP contribution is 2.32. The van der Waals surface area contributed by atoms with Gasteiger partial charge in [-0.15, -0.1) is 0 Å². The molecule has 2 heterocycles. The van der Waals surface area contributed by atoms with Crippen LogP contribution in [0.4, 0.5) is 0 Å². The van der Waals surface area contributed by atoms with Crippen molar-refractivity contribution in [1.82, 2.24) is 10.6 Å². The lowest BCUT2D eigenvalue weighted by Crippen LogP contribution is -2.47. The molecule has 2 N–H and O–H groups in total. The van der Waals surface area contributed by atoms with Crippen molar-refractivity contribution in [2.24, 2.45) is 0 Å². The van der Waals surface area contributed by atoms with Crippen LogP contribution in [0.15, 0.2) is 71.3 Å². The molecule has 3 aromatic rings. The van der Waals surface area contributed by atoms with Crippen LogP contribution >= 0.6 is 0 Å². The zero-order chi connectivity index (χ0) is 20.1. The topological polar surface area (TPSA) is 89.8 Å². The first kappa shape index (κ1) is 18.6. The Morgan fingerprint density at radius 3 is 2.55 bits per heavy atom. The number of nitrogens with one attached hydrogen (secondary N) is 2. The minimum absolute atomic E-state index is 0.159. The second-order valence-electron chi connectivity index (χ2n) is 6.60. The maximum atomic E-state index is 12.8. The highest BCUT2D eigenvalue weighted by molar-refractivity contribution is 5.95. The Balaban J connectivity index is 1.44. The molecule has 0 fully saturated rings. The maximum Gasteiger partial charge on any atom is 0.287 e. The molecule has 4 rings (SSSR count). The number of carbonyl (C=O) groups excluding carboxylic acids is 2. The number of amides is 2. The van der Waals surface area contributed by atoms with Crippen LogP contribution in [-0.4, -0.2) is 24.6 Å². The third-order valence-corrected chi connectivity index (χ3v) is 4.55. The molecule has 1 aliphatic heterocycles. The molecule has 0 radical (unpaired) electrons. The SMILES string of the molecule is O=C(N[C@@H](Cc1ccccc1)C(=O)NCc1ccc2c(c1)OCO2)c1ccco1. The van der Waals surface area contributed by atoms with Crippen LogP contribution in [0.5, 0.6) is 11.5 Å². The van der Waals surface area contributed by atoms with E-state index in [0.717, 1.165) is 11.1 Å². The Bertz CT molecular complexity index is 986. The molecule has 1 atom stereocenters. The van der Waals surface area contributed by atoms with Crippen molar-refractivity contribution in [3.05, 3.63) is 83.8 Å². The first-order valence-corrected chi connectivity index (χ1v) is 9.23. The van der Waals surface area contributed by atoms with Gasteiger partial charge in [-0.05, 0) is 35.4 Å². The molecule has 0 saturated carbocycles. The van der Waals surface area contributed by atoms with Gasteiger partial charge in [-0.2, -0.15) is 0 Å². The highest BCUT2D eigenvalue weighted by Gasteiger charge is 2.23. The molecule has 0 unspecified atom stereocenters. The standard InChI is InChI=1S/C22H20N2O5/c25-21(23-13-16-8-9-18-20(12-16)29-14-28-18)17(11-15-5-2-1-3-6-15)24-22(26)19-7-4-10-27-19/h1-10,12,17H,11,13-14H2,(H,23,25)(H,24,26)/t17-/m0/s1. The number of benzene rings is 2. The van der Waals surface area contributed by atoms with Crippen molar-refractivity contribution in [1.29, 1.82) is 0 Å². The molecule has 1 aliphatic rings. The molecule has 29 heavy (non-hydrogen) atoms. The zero-order valence-corrected chi connectivity index (χ0v) is 15.6. The van der Waals surface area contributed by atoms with Gasteiger partial charge in [0, 0.05) is 13.0 Å². The molecule has 2 aromatic carbocycles.